The first kappa shape index (κ1) is 14.4. The van der Waals surface area contributed by atoms with Gasteiger partial charge >= 0.3 is 5.97 Å². The Morgan fingerprint density at radius 1 is 1.50 bits per heavy atom. The summed E-state index contributed by atoms with van der Waals surface area (Å²) in [6.45, 7) is 2.64. The first-order valence-electron chi connectivity index (χ1n) is 5.55. The lowest BCUT2D eigenvalue weighted by Gasteiger charge is -2.20. The highest BCUT2D eigenvalue weighted by Gasteiger charge is 2.17. The van der Waals surface area contributed by atoms with Gasteiger partial charge in [-0.15, -0.1) is 0 Å². The average Bonchev–Trinajstić information content (AvgIpc) is 2.39. The van der Waals surface area contributed by atoms with Gasteiger partial charge in [0, 0.05) is 25.5 Å². The topological polar surface area (TPSA) is 59.5 Å². The van der Waals surface area contributed by atoms with Crippen molar-refractivity contribution in [2.45, 2.75) is 13.3 Å². The summed E-state index contributed by atoms with van der Waals surface area (Å²) in [5.74, 6) is -0.559. The van der Waals surface area contributed by atoms with E-state index in [4.69, 9.17) is 11.6 Å². The predicted octanol–water partition coefficient (Wildman–Crippen LogP) is 1.76. The number of pyridine rings is 1. The largest absolute Gasteiger partial charge is 0.469 e. The summed E-state index contributed by atoms with van der Waals surface area (Å²) in [7, 11) is 1.32. The van der Waals surface area contributed by atoms with Crippen molar-refractivity contribution in [2.75, 3.05) is 20.2 Å². The Morgan fingerprint density at radius 2 is 2.22 bits per heavy atom. The van der Waals surface area contributed by atoms with E-state index in [1.807, 2.05) is 6.92 Å². The molecule has 0 radical (unpaired) electrons. The molecule has 5 nitrogen and oxygen atoms in total. The maximum Gasteiger partial charge on any atom is 0.307 e. The third-order valence-electron chi connectivity index (χ3n) is 2.49. The molecule has 0 aliphatic heterocycles. The summed E-state index contributed by atoms with van der Waals surface area (Å²) in [6.07, 6.45) is 3.09. The molecule has 1 aromatic heterocycles. The van der Waals surface area contributed by atoms with Crippen LogP contribution in [-0.4, -0.2) is 42.0 Å². The smallest absolute Gasteiger partial charge is 0.307 e. The molecule has 0 atom stereocenters. The zero-order valence-corrected chi connectivity index (χ0v) is 11.1. The minimum absolute atomic E-state index is 0.165. The minimum Gasteiger partial charge on any atom is -0.469 e. The van der Waals surface area contributed by atoms with Crippen molar-refractivity contribution < 1.29 is 14.3 Å². The second kappa shape index (κ2) is 6.96. The SMILES string of the molecule is CCN(CCC(=O)OC)C(=O)c1ccncc1Cl. The fraction of sp³-hybridized carbons (Fsp3) is 0.417. The van der Waals surface area contributed by atoms with Crippen molar-refractivity contribution in [1.82, 2.24) is 9.88 Å². The lowest BCUT2D eigenvalue weighted by Crippen LogP contribution is -2.33. The Bertz CT molecular complexity index is 437. The molecule has 1 aromatic rings. The number of nitrogens with zero attached hydrogens (tertiary/aromatic N) is 2. The number of ether oxygens (including phenoxy) is 1. The maximum absolute atomic E-state index is 12.2. The number of carbonyl (C=O) groups excluding carboxylic acids is 2. The first-order valence-corrected chi connectivity index (χ1v) is 5.93. The highest BCUT2D eigenvalue weighted by molar-refractivity contribution is 6.33. The molecule has 18 heavy (non-hydrogen) atoms. The average molecular weight is 271 g/mol. The van der Waals surface area contributed by atoms with E-state index in [0.717, 1.165) is 0 Å². The normalized spacial score (nSPS) is 9.94. The van der Waals surface area contributed by atoms with Crippen molar-refractivity contribution in [2.24, 2.45) is 0 Å². The van der Waals surface area contributed by atoms with Crippen molar-refractivity contribution in [3.8, 4) is 0 Å². The van der Waals surface area contributed by atoms with Crippen molar-refractivity contribution in [1.29, 1.82) is 0 Å². The third-order valence-corrected chi connectivity index (χ3v) is 2.79. The molecule has 0 unspecified atom stereocenters. The molecule has 0 aliphatic carbocycles. The molecule has 0 aromatic carbocycles. The van der Waals surface area contributed by atoms with Gasteiger partial charge in [-0.05, 0) is 13.0 Å². The van der Waals surface area contributed by atoms with Gasteiger partial charge in [0.15, 0.2) is 0 Å². The van der Waals surface area contributed by atoms with Crippen molar-refractivity contribution >= 4 is 23.5 Å². The number of amides is 1. The highest BCUT2D eigenvalue weighted by atomic mass is 35.5. The van der Waals surface area contributed by atoms with E-state index in [-0.39, 0.29) is 18.3 Å². The van der Waals surface area contributed by atoms with E-state index in [0.29, 0.717) is 23.7 Å². The minimum atomic E-state index is -0.345. The van der Waals surface area contributed by atoms with Gasteiger partial charge in [-0.3, -0.25) is 14.6 Å². The second-order valence-electron chi connectivity index (χ2n) is 3.57. The number of esters is 1. The van der Waals surface area contributed by atoms with Crippen LogP contribution in [0.5, 0.6) is 0 Å². The van der Waals surface area contributed by atoms with Crippen LogP contribution in [-0.2, 0) is 9.53 Å². The molecule has 1 heterocycles. The van der Waals surface area contributed by atoms with E-state index < -0.39 is 0 Å². The Kier molecular flexibility index (Phi) is 5.58. The molecule has 0 bridgehead atoms. The Hall–Kier alpha value is -1.62. The number of rotatable bonds is 5. The Morgan fingerprint density at radius 3 is 2.78 bits per heavy atom. The van der Waals surface area contributed by atoms with E-state index >= 15 is 0 Å². The van der Waals surface area contributed by atoms with Gasteiger partial charge in [0.25, 0.3) is 5.91 Å². The van der Waals surface area contributed by atoms with Crippen LogP contribution in [0.2, 0.25) is 5.02 Å². The second-order valence-corrected chi connectivity index (χ2v) is 3.97. The fourth-order valence-electron chi connectivity index (χ4n) is 1.45. The summed E-state index contributed by atoms with van der Waals surface area (Å²) in [4.78, 5) is 28.6. The van der Waals surface area contributed by atoms with Gasteiger partial charge in [0.1, 0.15) is 0 Å². The molecular weight excluding hydrogens is 256 g/mol. The van der Waals surface area contributed by atoms with Crippen LogP contribution in [0.3, 0.4) is 0 Å². The summed E-state index contributed by atoms with van der Waals surface area (Å²) in [5, 5.41) is 0.305. The van der Waals surface area contributed by atoms with Crippen LogP contribution in [0.1, 0.15) is 23.7 Å². The molecule has 0 fully saturated rings. The molecule has 0 saturated carbocycles. The van der Waals surface area contributed by atoms with Gasteiger partial charge in [0.2, 0.25) is 0 Å². The number of methoxy groups -OCH3 is 1. The summed E-state index contributed by atoms with van der Waals surface area (Å²) in [6, 6.07) is 1.56. The van der Waals surface area contributed by atoms with E-state index in [1.54, 1.807) is 6.07 Å². The molecule has 0 aliphatic rings. The van der Waals surface area contributed by atoms with Gasteiger partial charge in [-0.2, -0.15) is 0 Å². The number of aromatic nitrogens is 1. The van der Waals surface area contributed by atoms with Crippen LogP contribution < -0.4 is 0 Å². The van der Waals surface area contributed by atoms with Crippen molar-refractivity contribution in [3.05, 3.63) is 29.0 Å². The lowest BCUT2D eigenvalue weighted by atomic mass is 10.2. The van der Waals surface area contributed by atoms with Crippen LogP contribution in [0.15, 0.2) is 18.5 Å². The molecule has 1 amide bonds. The molecule has 1 rings (SSSR count). The van der Waals surface area contributed by atoms with Gasteiger partial charge in [-0.1, -0.05) is 11.6 Å². The fourth-order valence-corrected chi connectivity index (χ4v) is 1.65. The zero-order chi connectivity index (χ0) is 13.5. The number of carbonyl (C=O) groups is 2. The van der Waals surface area contributed by atoms with Crippen LogP contribution in [0.25, 0.3) is 0 Å². The zero-order valence-electron chi connectivity index (χ0n) is 10.4. The Balaban J connectivity index is 2.74. The van der Waals surface area contributed by atoms with Crippen LogP contribution in [0.4, 0.5) is 0 Å². The molecule has 6 heteroatoms. The molecule has 0 saturated heterocycles. The number of hydrogen-bond donors (Lipinski definition) is 0. The monoisotopic (exact) mass is 270 g/mol. The van der Waals surface area contributed by atoms with Gasteiger partial charge < -0.3 is 9.64 Å². The summed E-state index contributed by atoms with van der Waals surface area (Å²) in [5.41, 5.74) is 0.387. The Labute approximate surface area is 111 Å². The molecule has 0 N–H and O–H groups in total. The number of halogens is 1. The van der Waals surface area contributed by atoms with Gasteiger partial charge in [-0.25, -0.2) is 0 Å². The first-order chi connectivity index (χ1) is 8.60. The molecule has 0 spiro atoms. The van der Waals surface area contributed by atoms with E-state index in [9.17, 15) is 9.59 Å². The lowest BCUT2D eigenvalue weighted by molar-refractivity contribution is -0.140. The predicted molar refractivity (Wildman–Crippen MR) is 67.5 cm³/mol. The molecular formula is C12H15ClN2O3. The van der Waals surface area contributed by atoms with Crippen LogP contribution >= 0.6 is 11.6 Å². The summed E-state index contributed by atoms with van der Waals surface area (Å²) < 4.78 is 4.54. The third kappa shape index (κ3) is 3.70. The van der Waals surface area contributed by atoms with Crippen molar-refractivity contribution in [3.63, 3.8) is 0 Å². The summed E-state index contributed by atoms with van der Waals surface area (Å²) >= 11 is 5.91. The quantitative estimate of drug-likeness (QED) is 0.765. The van der Waals surface area contributed by atoms with E-state index in [2.05, 4.69) is 9.72 Å². The maximum atomic E-state index is 12.2. The molecule has 98 valence electrons. The van der Waals surface area contributed by atoms with E-state index in [1.165, 1.54) is 24.4 Å². The standard InChI is InChI=1S/C12H15ClN2O3/c1-3-15(7-5-11(16)18-2)12(17)9-4-6-14-8-10(9)13/h4,6,8H,3,5,7H2,1-2H3. The van der Waals surface area contributed by atoms with Gasteiger partial charge in [0.05, 0.1) is 24.1 Å². The number of hydrogen-bond acceptors (Lipinski definition) is 4. The highest BCUT2D eigenvalue weighted by Crippen LogP contribution is 2.15. The van der Waals surface area contributed by atoms with Crippen LogP contribution in [0, 0.1) is 0 Å².